The van der Waals surface area contributed by atoms with Crippen LogP contribution in [0.5, 0.6) is 0 Å². The van der Waals surface area contributed by atoms with Gasteiger partial charge in [0.15, 0.2) is 5.65 Å². The van der Waals surface area contributed by atoms with Gasteiger partial charge >= 0.3 is 0 Å². The van der Waals surface area contributed by atoms with Gasteiger partial charge in [0.2, 0.25) is 0 Å². The van der Waals surface area contributed by atoms with E-state index in [4.69, 9.17) is 0 Å². The zero-order chi connectivity index (χ0) is 14.8. The summed E-state index contributed by atoms with van der Waals surface area (Å²) in [5.74, 6) is 0. The van der Waals surface area contributed by atoms with Crippen LogP contribution in [0.2, 0.25) is 0 Å². The molecule has 21 heavy (non-hydrogen) atoms. The van der Waals surface area contributed by atoms with Crippen molar-refractivity contribution in [3.05, 3.63) is 52.0 Å². The number of hydrogen-bond donors (Lipinski definition) is 1. The van der Waals surface area contributed by atoms with Gasteiger partial charge in [0.1, 0.15) is 0 Å². The molecule has 0 saturated heterocycles. The molecule has 0 aliphatic rings. The zero-order valence-corrected chi connectivity index (χ0v) is 12.1. The Morgan fingerprint density at radius 3 is 2.90 bits per heavy atom. The molecule has 0 radical (unpaired) electrons. The van der Waals surface area contributed by atoms with Gasteiger partial charge in [-0.1, -0.05) is 0 Å². The molecule has 108 valence electrons. The highest BCUT2D eigenvalue weighted by Crippen LogP contribution is 2.12. The van der Waals surface area contributed by atoms with Crippen molar-refractivity contribution in [2.45, 2.75) is 33.2 Å². The molecule has 0 aliphatic heterocycles. The molecule has 0 bridgehead atoms. The lowest BCUT2D eigenvalue weighted by atomic mass is 10.1. The smallest absolute Gasteiger partial charge is 0.262 e. The molecule has 0 saturated carbocycles. The van der Waals surface area contributed by atoms with Crippen molar-refractivity contribution in [2.24, 2.45) is 0 Å². The number of fused-ring (bicyclic) bond motifs is 1. The Bertz CT molecular complexity index is 814. The fourth-order valence-electron chi connectivity index (χ4n) is 2.53. The molecule has 0 spiro atoms. The first-order chi connectivity index (χ1) is 10.2. The molecular formula is C15H17N5O. The third-order valence-electron chi connectivity index (χ3n) is 3.70. The van der Waals surface area contributed by atoms with Gasteiger partial charge in [-0.3, -0.25) is 14.5 Å². The lowest BCUT2D eigenvalue weighted by molar-refractivity contribution is 0.615. The summed E-state index contributed by atoms with van der Waals surface area (Å²) in [6.07, 6.45) is 4.98. The van der Waals surface area contributed by atoms with Gasteiger partial charge in [-0.15, -0.1) is 0 Å². The molecule has 0 amide bonds. The van der Waals surface area contributed by atoms with Crippen LogP contribution in [0.4, 0.5) is 0 Å². The predicted molar refractivity (Wildman–Crippen MR) is 80.2 cm³/mol. The summed E-state index contributed by atoms with van der Waals surface area (Å²) in [5, 5.41) is 7.73. The largest absolute Gasteiger partial charge is 0.299 e. The van der Waals surface area contributed by atoms with Crippen molar-refractivity contribution in [2.75, 3.05) is 0 Å². The van der Waals surface area contributed by atoms with Gasteiger partial charge in [-0.05, 0) is 44.4 Å². The van der Waals surface area contributed by atoms with Gasteiger partial charge in [0.25, 0.3) is 5.56 Å². The molecule has 3 heterocycles. The van der Waals surface area contributed by atoms with E-state index >= 15 is 0 Å². The summed E-state index contributed by atoms with van der Waals surface area (Å²) >= 11 is 0. The van der Waals surface area contributed by atoms with E-state index in [9.17, 15) is 4.79 Å². The fraction of sp³-hybridized carbons (Fsp3) is 0.333. The number of aryl methyl sites for hydroxylation is 3. The summed E-state index contributed by atoms with van der Waals surface area (Å²) in [6, 6.07) is 3.52. The summed E-state index contributed by atoms with van der Waals surface area (Å²) in [6.45, 7) is 4.65. The van der Waals surface area contributed by atoms with Crippen LogP contribution in [0.3, 0.4) is 0 Å². The lowest BCUT2D eigenvalue weighted by Crippen LogP contribution is -2.21. The molecule has 3 aromatic heterocycles. The molecule has 3 rings (SSSR count). The summed E-state index contributed by atoms with van der Waals surface area (Å²) in [5.41, 5.74) is 3.83. The fourth-order valence-corrected chi connectivity index (χ4v) is 2.53. The summed E-state index contributed by atoms with van der Waals surface area (Å²) < 4.78 is 1.65. The average Bonchev–Trinajstić information content (AvgIpc) is 2.81. The highest BCUT2D eigenvalue weighted by molar-refractivity contribution is 5.72. The van der Waals surface area contributed by atoms with Crippen LogP contribution in [0.15, 0.2) is 29.5 Å². The number of nitrogens with zero attached hydrogens (tertiary/aromatic N) is 4. The average molecular weight is 283 g/mol. The van der Waals surface area contributed by atoms with Gasteiger partial charge in [0, 0.05) is 18.4 Å². The minimum Gasteiger partial charge on any atom is -0.299 e. The summed E-state index contributed by atoms with van der Waals surface area (Å²) in [7, 11) is 0. The highest BCUT2D eigenvalue weighted by Gasteiger charge is 2.07. The van der Waals surface area contributed by atoms with Crippen molar-refractivity contribution < 1.29 is 0 Å². The Morgan fingerprint density at radius 1 is 1.29 bits per heavy atom. The van der Waals surface area contributed by atoms with Gasteiger partial charge in [-0.25, -0.2) is 9.97 Å². The van der Waals surface area contributed by atoms with Crippen LogP contribution in [0, 0.1) is 13.8 Å². The maximum atomic E-state index is 12.3. The van der Waals surface area contributed by atoms with Gasteiger partial charge in [-0.2, -0.15) is 5.10 Å². The van der Waals surface area contributed by atoms with E-state index in [-0.39, 0.29) is 5.56 Å². The Morgan fingerprint density at radius 2 is 2.14 bits per heavy atom. The molecule has 6 heteroatoms. The minimum atomic E-state index is -0.0336. The maximum absolute atomic E-state index is 12.3. The van der Waals surface area contributed by atoms with Crippen molar-refractivity contribution in [3.63, 3.8) is 0 Å². The first-order valence-corrected chi connectivity index (χ1v) is 6.97. The van der Waals surface area contributed by atoms with Crippen LogP contribution in [0.1, 0.15) is 23.4 Å². The van der Waals surface area contributed by atoms with Crippen molar-refractivity contribution >= 4 is 11.0 Å². The van der Waals surface area contributed by atoms with Crippen molar-refractivity contribution in [1.82, 2.24) is 24.7 Å². The second-order valence-electron chi connectivity index (χ2n) is 5.13. The van der Waals surface area contributed by atoms with Crippen LogP contribution in [-0.4, -0.2) is 24.7 Å². The minimum absolute atomic E-state index is 0.0336. The van der Waals surface area contributed by atoms with Crippen LogP contribution >= 0.6 is 0 Å². The Kier molecular flexibility index (Phi) is 3.51. The molecule has 1 N–H and O–H groups in total. The highest BCUT2D eigenvalue weighted by atomic mass is 16.1. The third-order valence-corrected chi connectivity index (χ3v) is 3.70. The maximum Gasteiger partial charge on any atom is 0.262 e. The van der Waals surface area contributed by atoms with E-state index in [1.54, 1.807) is 29.2 Å². The van der Waals surface area contributed by atoms with Crippen molar-refractivity contribution in [3.8, 4) is 0 Å². The predicted octanol–water partition coefficient (Wildman–Crippen LogP) is 1.76. The first-order valence-electron chi connectivity index (χ1n) is 6.97. The normalized spacial score (nSPS) is 11.1. The third kappa shape index (κ3) is 2.56. The van der Waals surface area contributed by atoms with E-state index < -0.39 is 0 Å². The standard InChI is InChI=1S/C15H17N5O/c1-10-12(11(2)19-18-10)6-4-8-20-9-17-14-13(15(20)21)5-3-7-16-14/h3,5,7,9H,4,6,8H2,1-2H3,(H,18,19). The number of nitrogens with one attached hydrogen (secondary N) is 1. The quantitative estimate of drug-likeness (QED) is 0.791. The SMILES string of the molecule is Cc1n[nH]c(C)c1CCCn1cnc2ncccc2c1=O. The van der Waals surface area contributed by atoms with E-state index in [2.05, 4.69) is 20.2 Å². The molecule has 0 aromatic carbocycles. The van der Waals surface area contributed by atoms with Crippen LogP contribution < -0.4 is 5.56 Å². The van der Waals surface area contributed by atoms with Crippen LogP contribution in [0.25, 0.3) is 11.0 Å². The summed E-state index contributed by atoms with van der Waals surface area (Å²) in [4.78, 5) is 20.6. The monoisotopic (exact) mass is 283 g/mol. The number of H-pyrrole nitrogens is 1. The Balaban J connectivity index is 1.77. The number of rotatable bonds is 4. The van der Waals surface area contributed by atoms with Gasteiger partial charge < -0.3 is 0 Å². The first kappa shape index (κ1) is 13.5. The number of aromatic amines is 1. The zero-order valence-electron chi connectivity index (χ0n) is 12.1. The second-order valence-corrected chi connectivity index (χ2v) is 5.13. The lowest BCUT2D eigenvalue weighted by Gasteiger charge is -2.06. The topological polar surface area (TPSA) is 76.5 Å². The molecule has 0 atom stereocenters. The van der Waals surface area contributed by atoms with E-state index in [1.165, 1.54) is 5.56 Å². The number of hydrogen-bond acceptors (Lipinski definition) is 4. The van der Waals surface area contributed by atoms with E-state index in [0.29, 0.717) is 17.6 Å². The molecule has 0 aliphatic carbocycles. The Labute approximate surface area is 121 Å². The molecule has 0 unspecified atom stereocenters. The second kappa shape index (κ2) is 5.47. The number of pyridine rings is 1. The van der Waals surface area contributed by atoms with E-state index in [1.807, 2.05) is 13.8 Å². The van der Waals surface area contributed by atoms with Crippen molar-refractivity contribution in [1.29, 1.82) is 0 Å². The molecule has 6 nitrogen and oxygen atoms in total. The molecular weight excluding hydrogens is 266 g/mol. The van der Waals surface area contributed by atoms with E-state index in [0.717, 1.165) is 24.2 Å². The van der Waals surface area contributed by atoms with Gasteiger partial charge in [0.05, 0.1) is 17.4 Å². The van der Waals surface area contributed by atoms with Crippen LogP contribution in [-0.2, 0) is 13.0 Å². The molecule has 0 fully saturated rings. The number of aromatic nitrogens is 5. The molecule has 3 aromatic rings. The Hall–Kier alpha value is -2.50.